The third-order valence-corrected chi connectivity index (χ3v) is 6.28. The molecule has 1 aliphatic heterocycles. The molecule has 2 fully saturated rings. The molecule has 0 spiro atoms. The maximum absolute atomic E-state index is 12.5. The zero-order valence-electron chi connectivity index (χ0n) is 16.5. The third-order valence-electron chi connectivity index (χ3n) is 6.28. The molecule has 5 nitrogen and oxygen atoms in total. The molecule has 2 aromatic carbocycles. The Labute approximate surface area is 169 Å². The van der Waals surface area contributed by atoms with Crippen molar-refractivity contribution in [3.63, 3.8) is 0 Å². The highest BCUT2D eigenvalue weighted by Gasteiger charge is 2.31. The maximum Gasteiger partial charge on any atom is 0.147 e. The predicted molar refractivity (Wildman–Crippen MR) is 111 cm³/mol. The fourth-order valence-corrected chi connectivity index (χ4v) is 4.72. The van der Waals surface area contributed by atoms with Crippen LogP contribution >= 0.6 is 0 Å². The first-order chi connectivity index (χ1) is 14.2. The first-order valence-corrected chi connectivity index (χ1v) is 10.5. The van der Waals surface area contributed by atoms with Crippen LogP contribution in [0.15, 0.2) is 41.0 Å². The number of fused-ring (bicyclic) bond motifs is 3. The van der Waals surface area contributed by atoms with Crippen molar-refractivity contribution in [3.8, 4) is 5.75 Å². The minimum atomic E-state index is -0.254. The van der Waals surface area contributed by atoms with Gasteiger partial charge in [-0.05, 0) is 67.4 Å². The molecule has 3 aromatic rings. The number of ether oxygens (including phenoxy) is 1. The average Bonchev–Trinajstić information content (AvgIpc) is 3.38. The van der Waals surface area contributed by atoms with Crippen LogP contribution in [0.4, 0.5) is 0 Å². The second kappa shape index (κ2) is 7.64. The van der Waals surface area contributed by atoms with Crippen LogP contribution in [0.5, 0.6) is 5.75 Å². The van der Waals surface area contributed by atoms with Gasteiger partial charge >= 0.3 is 0 Å². The van der Waals surface area contributed by atoms with E-state index in [0.29, 0.717) is 19.4 Å². The van der Waals surface area contributed by atoms with Gasteiger partial charge in [0.1, 0.15) is 29.5 Å². The molecule has 0 N–H and O–H groups in total. The molecular formula is C24H25NO4. The molecule has 1 atom stereocenters. The second-order valence-electron chi connectivity index (χ2n) is 8.18. The minimum absolute atomic E-state index is 0.00261. The highest BCUT2D eigenvalue weighted by molar-refractivity contribution is 6.11. The summed E-state index contributed by atoms with van der Waals surface area (Å²) in [6, 6.07) is 10.1. The van der Waals surface area contributed by atoms with Crippen LogP contribution in [0, 0.1) is 0 Å². The smallest absolute Gasteiger partial charge is 0.147 e. The van der Waals surface area contributed by atoms with Crippen LogP contribution < -0.4 is 4.74 Å². The lowest BCUT2D eigenvalue weighted by atomic mass is 9.81. The number of likely N-dealkylation sites (tertiary alicyclic amines) is 1. The predicted octanol–water partition coefficient (Wildman–Crippen LogP) is 4.47. The summed E-state index contributed by atoms with van der Waals surface area (Å²) in [6.45, 7) is 4.00. The Balaban J connectivity index is 1.42. The van der Waals surface area contributed by atoms with E-state index in [1.807, 2.05) is 18.2 Å². The highest BCUT2D eigenvalue weighted by Crippen LogP contribution is 2.38. The molecule has 1 aromatic heterocycles. The Kier molecular flexibility index (Phi) is 4.84. The Morgan fingerprint density at radius 2 is 1.97 bits per heavy atom. The molecule has 2 aliphatic rings. The average molecular weight is 391 g/mol. The molecule has 0 radical (unpaired) electrons. The fraction of sp³-hybridized carbons (Fsp3) is 0.417. The molecule has 29 heavy (non-hydrogen) atoms. The monoisotopic (exact) mass is 391 g/mol. The topological polar surface area (TPSA) is 59.8 Å². The van der Waals surface area contributed by atoms with Gasteiger partial charge in [0.2, 0.25) is 0 Å². The van der Waals surface area contributed by atoms with E-state index in [-0.39, 0.29) is 23.9 Å². The van der Waals surface area contributed by atoms with E-state index < -0.39 is 0 Å². The number of ketones is 2. The highest BCUT2D eigenvalue weighted by atomic mass is 16.5. The number of hydrogen-bond donors (Lipinski definition) is 0. The van der Waals surface area contributed by atoms with E-state index >= 15 is 0 Å². The zero-order valence-corrected chi connectivity index (χ0v) is 16.5. The third kappa shape index (κ3) is 3.55. The van der Waals surface area contributed by atoms with Crippen LogP contribution in [0.2, 0.25) is 0 Å². The second-order valence-corrected chi connectivity index (χ2v) is 8.18. The van der Waals surface area contributed by atoms with Crippen molar-refractivity contribution in [1.82, 2.24) is 4.90 Å². The van der Waals surface area contributed by atoms with Crippen molar-refractivity contribution in [1.29, 1.82) is 0 Å². The van der Waals surface area contributed by atoms with Crippen molar-refractivity contribution in [3.05, 3.63) is 42.2 Å². The molecule has 0 amide bonds. The number of benzene rings is 2. The quantitative estimate of drug-likeness (QED) is 0.601. The molecule has 0 unspecified atom stereocenters. The minimum Gasteiger partial charge on any atom is -0.492 e. The molecule has 1 saturated carbocycles. The van der Waals surface area contributed by atoms with E-state index in [9.17, 15) is 9.59 Å². The number of furan rings is 1. The van der Waals surface area contributed by atoms with Crippen LogP contribution in [0.25, 0.3) is 21.7 Å². The van der Waals surface area contributed by atoms with Gasteiger partial charge in [-0.2, -0.15) is 0 Å². The summed E-state index contributed by atoms with van der Waals surface area (Å²) < 4.78 is 11.8. The van der Waals surface area contributed by atoms with Gasteiger partial charge in [0, 0.05) is 29.8 Å². The molecular weight excluding hydrogens is 366 g/mol. The van der Waals surface area contributed by atoms with Gasteiger partial charge in [0.15, 0.2) is 0 Å². The molecule has 5 rings (SSSR count). The van der Waals surface area contributed by atoms with E-state index in [0.717, 1.165) is 39.6 Å². The molecule has 150 valence electrons. The van der Waals surface area contributed by atoms with Crippen molar-refractivity contribution < 1.29 is 18.7 Å². The maximum atomic E-state index is 12.5. The number of carbonyl (C=O) groups is 2. The normalized spacial score (nSPS) is 20.8. The van der Waals surface area contributed by atoms with Crippen molar-refractivity contribution in [2.24, 2.45) is 0 Å². The summed E-state index contributed by atoms with van der Waals surface area (Å²) in [5.41, 5.74) is 1.69. The number of nitrogens with zero attached hydrogens (tertiary/aromatic N) is 1. The molecule has 1 saturated heterocycles. The number of carbonyl (C=O) groups excluding carboxylic acids is 2. The standard InChI is InChI=1S/C24H25NO4/c26-17-4-6-20(22(27)14-17)21-15-29-23-8-3-16-13-18(5-7-19(16)24(21)23)28-12-11-25-9-1-2-10-25/h3,5,7-8,13,15,20H,1-2,4,6,9-12,14H2/t20-/m1/s1. The van der Waals surface area contributed by atoms with Gasteiger partial charge in [0.25, 0.3) is 0 Å². The van der Waals surface area contributed by atoms with E-state index in [1.54, 1.807) is 6.26 Å². The largest absolute Gasteiger partial charge is 0.492 e. The van der Waals surface area contributed by atoms with E-state index in [2.05, 4.69) is 17.0 Å². The Morgan fingerprint density at radius 3 is 2.79 bits per heavy atom. The summed E-state index contributed by atoms with van der Waals surface area (Å²) in [6.07, 6.45) is 5.34. The first kappa shape index (κ1) is 18.4. The van der Waals surface area contributed by atoms with Gasteiger partial charge in [-0.3, -0.25) is 14.5 Å². The molecule has 0 bridgehead atoms. The molecule has 5 heteroatoms. The molecule has 2 heterocycles. The Morgan fingerprint density at radius 1 is 1.10 bits per heavy atom. The summed E-state index contributed by atoms with van der Waals surface area (Å²) in [4.78, 5) is 26.5. The van der Waals surface area contributed by atoms with Crippen molar-refractivity contribution in [2.75, 3.05) is 26.2 Å². The van der Waals surface area contributed by atoms with Crippen molar-refractivity contribution >= 4 is 33.3 Å². The number of rotatable bonds is 5. The zero-order chi connectivity index (χ0) is 19.8. The van der Waals surface area contributed by atoms with Crippen LogP contribution in [0.3, 0.4) is 0 Å². The summed E-state index contributed by atoms with van der Waals surface area (Å²) in [5.74, 6) is 0.652. The number of hydrogen-bond acceptors (Lipinski definition) is 5. The lowest BCUT2D eigenvalue weighted by molar-refractivity contribution is -0.130. The van der Waals surface area contributed by atoms with Gasteiger partial charge in [0.05, 0.1) is 12.7 Å². The molecule has 1 aliphatic carbocycles. The van der Waals surface area contributed by atoms with Crippen molar-refractivity contribution in [2.45, 2.75) is 38.0 Å². The number of Topliss-reactive ketones (excluding diaryl/α,β-unsaturated/α-hetero) is 2. The van der Waals surface area contributed by atoms with Crippen LogP contribution in [-0.4, -0.2) is 42.7 Å². The summed E-state index contributed by atoms with van der Waals surface area (Å²) in [7, 11) is 0. The lowest BCUT2D eigenvalue weighted by Crippen LogP contribution is -2.25. The Hall–Kier alpha value is -2.66. The van der Waals surface area contributed by atoms with Gasteiger partial charge < -0.3 is 9.15 Å². The van der Waals surface area contributed by atoms with Gasteiger partial charge in [-0.1, -0.05) is 6.07 Å². The van der Waals surface area contributed by atoms with E-state index in [1.165, 1.54) is 25.9 Å². The first-order valence-electron chi connectivity index (χ1n) is 10.5. The lowest BCUT2D eigenvalue weighted by Gasteiger charge is -2.19. The van der Waals surface area contributed by atoms with Gasteiger partial charge in [-0.25, -0.2) is 0 Å². The SMILES string of the molecule is O=C1CC[C@H](c2coc3ccc4cc(OCCN5CCCC5)ccc4c23)C(=O)C1. The van der Waals surface area contributed by atoms with Gasteiger partial charge in [-0.15, -0.1) is 0 Å². The van der Waals surface area contributed by atoms with E-state index in [4.69, 9.17) is 9.15 Å². The summed E-state index contributed by atoms with van der Waals surface area (Å²) in [5, 5.41) is 3.11. The van der Waals surface area contributed by atoms with Crippen LogP contribution in [0.1, 0.15) is 43.6 Å². The fourth-order valence-electron chi connectivity index (χ4n) is 4.72. The Bertz CT molecular complexity index is 1080. The summed E-state index contributed by atoms with van der Waals surface area (Å²) >= 11 is 0. The van der Waals surface area contributed by atoms with Crippen LogP contribution in [-0.2, 0) is 9.59 Å².